The number of piperazine rings is 1. The minimum Gasteiger partial charge on any atom is -0.465 e. The van der Waals surface area contributed by atoms with Crippen molar-refractivity contribution in [3.63, 3.8) is 0 Å². The SMILES string of the molecule is CCOC(=O)C(c1cncn1C(C)C)N1CCNCC1. The number of ether oxygens (including phenoxy) is 1. The van der Waals surface area contributed by atoms with E-state index in [9.17, 15) is 4.79 Å². The van der Waals surface area contributed by atoms with Crippen LogP contribution in [0.15, 0.2) is 12.5 Å². The smallest absolute Gasteiger partial charge is 0.329 e. The Balaban J connectivity index is 2.29. The minimum atomic E-state index is -0.359. The van der Waals surface area contributed by atoms with Crippen molar-refractivity contribution in [3.05, 3.63) is 18.2 Å². The third-order valence-corrected chi connectivity index (χ3v) is 3.56. The van der Waals surface area contributed by atoms with Crippen LogP contribution in [0.3, 0.4) is 0 Å². The average Bonchev–Trinajstić information content (AvgIpc) is 2.90. The molecule has 1 aromatic heterocycles. The van der Waals surface area contributed by atoms with Gasteiger partial charge >= 0.3 is 5.97 Å². The van der Waals surface area contributed by atoms with Gasteiger partial charge in [0.25, 0.3) is 0 Å². The van der Waals surface area contributed by atoms with E-state index in [4.69, 9.17) is 4.74 Å². The predicted molar refractivity (Wildman–Crippen MR) is 76.4 cm³/mol. The molecule has 0 spiro atoms. The lowest BCUT2D eigenvalue weighted by atomic mass is 10.1. The van der Waals surface area contributed by atoms with E-state index in [0.29, 0.717) is 6.61 Å². The summed E-state index contributed by atoms with van der Waals surface area (Å²) in [7, 11) is 0. The number of aromatic nitrogens is 2. The molecule has 1 saturated heterocycles. The van der Waals surface area contributed by atoms with Crippen molar-refractivity contribution in [1.29, 1.82) is 0 Å². The van der Waals surface area contributed by atoms with Crippen molar-refractivity contribution in [2.75, 3.05) is 32.8 Å². The highest BCUT2D eigenvalue weighted by molar-refractivity contribution is 5.77. The van der Waals surface area contributed by atoms with E-state index in [2.05, 4.69) is 29.0 Å². The highest BCUT2D eigenvalue weighted by atomic mass is 16.5. The van der Waals surface area contributed by atoms with Crippen molar-refractivity contribution in [2.24, 2.45) is 0 Å². The fourth-order valence-corrected chi connectivity index (χ4v) is 2.58. The standard InChI is InChI=1S/C14H24N4O2/c1-4-20-14(19)13(17-7-5-15-6-8-17)12-9-16-10-18(12)11(2)3/h9-11,13,15H,4-8H2,1-3H3. The van der Waals surface area contributed by atoms with Crippen LogP contribution in [0.5, 0.6) is 0 Å². The number of nitrogens with zero attached hydrogens (tertiary/aromatic N) is 3. The molecule has 1 N–H and O–H groups in total. The summed E-state index contributed by atoms with van der Waals surface area (Å²) in [6, 6.07) is -0.0886. The second kappa shape index (κ2) is 6.85. The van der Waals surface area contributed by atoms with Crippen LogP contribution in [0, 0.1) is 0 Å². The first kappa shape index (κ1) is 15.0. The molecule has 6 nitrogen and oxygen atoms in total. The molecule has 0 amide bonds. The van der Waals surface area contributed by atoms with E-state index in [1.54, 1.807) is 12.5 Å². The Kier molecular flexibility index (Phi) is 5.14. The number of hydrogen-bond donors (Lipinski definition) is 1. The number of carbonyl (C=O) groups excluding carboxylic acids is 1. The van der Waals surface area contributed by atoms with E-state index < -0.39 is 0 Å². The van der Waals surface area contributed by atoms with E-state index in [-0.39, 0.29) is 18.1 Å². The molecule has 0 saturated carbocycles. The average molecular weight is 280 g/mol. The van der Waals surface area contributed by atoms with Gasteiger partial charge in [-0.25, -0.2) is 9.78 Å². The summed E-state index contributed by atoms with van der Waals surface area (Å²) in [5.74, 6) is -0.184. The first-order valence-corrected chi connectivity index (χ1v) is 7.28. The third-order valence-electron chi connectivity index (χ3n) is 3.56. The molecule has 112 valence electrons. The minimum absolute atomic E-state index is 0.184. The van der Waals surface area contributed by atoms with Crippen molar-refractivity contribution in [3.8, 4) is 0 Å². The zero-order chi connectivity index (χ0) is 14.5. The summed E-state index contributed by atoms with van der Waals surface area (Å²) >= 11 is 0. The van der Waals surface area contributed by atoms with E-state index >= 15 is 0 Å². The van der Waals surface area contributed by atoms with E-state index in [1.165, 1.54) is 0 Å². The van der Waals surface area contributed by atoms with Gasteiger partial charge in [0.1, 0.15) is 0 Å². The Bertz CT molecular complexity index is 438. The topological polar surface area (TPSA) is 59.4 Å². The molecule has 2 rings (SSSR count). The van der Waals surface area contributed by atoms with Gasteiger partial charge in [-0.05, 0) is 20.8 Å². The van der Waals surface area contributed by atoms with Crippen LogP contribution in [0.1, 0.15) is 38.5 Å². The molecule has 2 heterocycles. The Morgan fingerprint density at radius 2 is 2.15 bits per heavy atom. The van der Waals surface area contributed by atoms with Gasteiger partial charge in [-0.1, -0.05) is 0 Å². The molecule has 1 fully saturated rings. The van der Waals surface area contributed by atoms with Gasteiger partial charge in [0.2, 0.25) is 0 Å². The van der Waals surface area contributed by atoms with Gasteiger partial charge in [-0.2, -0.15) is 0 Å². The van der Waals surface area contributed by atoms with Gasteiger partial charge < -0.3 is 14.6 Å². The molecule has 20 heavy (non-hydrogen) atoms. The van der Waals surface area contributed by atoms with Crippen LogP contribution in [0.4, 0.5) is 0 Å². The van der Waals surface area contributed by atoms with Gasteiger partial charge in [-0.15, -0.1) is 0 Å². The molecule has 0 radical (unpaired) electrons. The lowest BCUT2D eigenvalue weighted by molar-refractivity contribution is -0.150. The number of rotatable bonds is 5. The number of nitrogens with one attached hydrogen (secondary N) is 1. The summed E-state index contributed by atoms with van der Waals surface area (Å²) in [6.07, 6.45) is 3.57. The molecule has 0 aliphatic carbocycles. The maximum absolute atomic E-state index is 12.4. The van der Waals surface area contributed by atoms with Crippen LogP contribution >= 0.6 is 0 Å². The number of esters is 1. The molecule has 0 aromatic carbocycles. The maximum atomic E-state index is 12.4. The van der Waals surface area contributed by atoms with Crippen molar-refractivity contribution in [1.82, 2.24) is 19.8 Å². The molecule has 6 heteroatoms. The summed E-state index contributed by atoms with van der Waals surface area (Å²) in [4.78, 5) is 18.8. The van der Waals surface area contributed by atoms with Crippen LogP contribution in [-0.4, -0.2) is 53.2 Å². The quantitative estimate of drug-likeness (QED) is 0.815. The Morgan fingerprint density at radius 1 is 1.45 bits per heavy atom. The molecule has 0 bridgehead atoms. The van der Waals surface area contributed by atoms with Gasteiger partial charge in [-0.3, -0.25) is 4.90 Å². The Labute approximate surface area is 120 Å². The maximum Gasteiger partial charge on any atom is 0.329 e. The summed E-state index contributed by atoms with van der Waals surface area (Å²) < 4.78 is 7.32. The first-order valence-electron chi connectivity index (χ1n) is 7.28. The normalized spacial score (nSPS) is 18.2. The fraction of sp³-hybridized carbons (Fsp3) is 0.714. The summed E-state index contributed by atoms with van der Waals surface area (Å²) in [6.45, 7) is 9.89. The van der Waals surface area contributed by atoms with Crippen molar-refractivity contribution < 1.29 is 9.53 Å². The zero-order valence-corrected chi connectivity index (χ0v) is 12.5. The molecular formula is C14H24N4O2. The largest absolute Gasteiger partial charge is 0.465 e. The van der Waals surface area contributed by atoms with E-state index in [1.807, 2.05) is 11.5 Å². The molecular weight excluding hydrogens is 256 g/mol. The molecule has 1 aliphatic heterocycles. The fourth-order valence-electron chi connectivity index (χ4n) is 2.58. The van der Waals surface area contributed by atoms with Crippen LogP contribution < -0.4 is 5.32 Å². The number of imidazole rings is 1. The monoisotopic (exact) mass is 280 g/mol. The molecule has 1 aliphatic rings. The number of carbonyl (C=O) groups is 1. The van der Waals surface area contributed by atoms with Gasteiger partial charge in [0.05, 0.1) is 24.8 Å². The first-order chi connectivity index (χ1) is 9.65. The van der Waals surface area contributed by atoms with Crippen molar-refractivity contribution in [2.45, 2.75) is 32.9 Å². The second-order valence-corrected chi connectivity index (χ2v) is 5.26. The molecule has 1 atom stereocenters. The third kappa shape index (κ3) is 3.19. The van der Waals surface area contributed by atoms with Crippen LogP contribution in [0.25, 0.3) is 0 Å². The molecule has 1 unspecified atom stereocenters. The lowest BCUT2D eigenvalue weighted by Crippen LogP contribution is -2.48. The van der Waals surface area contributed by atoms with E-state index in [0.717, 1.165) is 31.9 Å². The highest BCUT2D eigenvalue weighted by Crippen LogP contribution is 2.25. The summed E-state index contributed by atoms with van der Waals surface area (Å²) in [5, 5.41) is 3.31. The summed E-state index contributed by atoms with van der Waals surface area (Å²) in [5.41, 5.74) is 0.917. The zero-order valence-electron chi connectivity index (χ0n) is 12.5. The number of hydrogen-bond acceptors (Lipinski definition) is 5. The molecule has 1 aromatic rings. The predicted octanol–water partition coefficient (Wildman–Crippen LogP) is 0.973. The lowest BCUT2D eigenvalue weighted by Gasteiger charge is -2.34. The van der Waals surface area contributed by atoms with Crippen molar-refractivity contribution >= 4 is 5.97 Å². The highest BCUT2D eigenvalue weighted by Gasteiger charge is 2.32. The van der Waals surface area contributed by atoms with Crippen LogP contribution in [0.2, 0.25) is 0 Å². The van der Waals surface area contributed by atoms with Gasteiger partial charge in [0.15, 0.2) is 6.04 Å². The Morgan fingerprint density at radius 3 is 2.75 bits per heavy atom. The Hall–Kier alpha value is -1.40. The van der Waals surface area contributed by atoms with Gasteiger partial charge in [0, 0.05) is 32.2 Å². The van der Waals surface area contributed by atoms with Crippen LogP contribution in [-0.2, 0) is 9.53 Å². The second-order valence-electron chi connectivity index (χ2n) is 5.26.